The number of benzene rings is 1. The highest BCUT2D eigenvalue weighted by Gasteiger charge is 2.15. The molecule has 1 aliphatic heterocycles. The zero-order chi connectivity index (χ0) is 15.5. The molecule has 4 rings (SSSR count). The molecule has 1 aromatic carbocycles. The SMILES string of the molecule is c1coc(CNc2nc(CN3CCCC3)nc3ccccc23)c1. The predicted octanol–water partition coefficient (Wildman–Crippen LogP) is 3.43. The highest BCUT2D eigenvalue weighted by molar-refractivity contribution is 5.88. The molecule has 1 aliphatic rings. The standard InChI is InChI=1S/C18H20N4O/c1-2-8-16-15(7-1)18(19-12-14-6-5-11-23-14)21-17(20-16)13-22-9-3-4-10-22/h1-2,5-8,11H,3-4,9-10,12-13H2,(H,19,20,21). The van der Waals surface area contributed by atoms with E-state index in [4.69, 9.17) is 14.4 Å². The van der Waals surface area contributed by atoms with Crippen molar-refractivity contribution < 1.29 is 4.42 Å². The van der Waals surface area contributed by atoms with Gasteiger partial charge in [0.25, 0.3) is 0 Å². The summed E-state index contributed by atoms with van der Waals surface area (Å²) >= 11 is 0. The van der Waals surface area contributed by atoms with Gasteiger partial charge in [-0.1, -0.05) is 12.1 Å². The molecule has 0 radical (unpaired) electrons. The normalized spacial score (nSPS) is 15.3. The minimum atomic E-state index is 0.622. The lowest BCUT2D eigenvalue weighted by molar-refractivity contribution is 0.323. The summed E-state index contributed by atoms with van der Waals surface area (Å²) in [7, 11) is 0. The van der Waals surface area contributed by atoms with Crippen LogP contribution in [0.1, 0.15) is 24.4 Å². The summed E-state index contributed by atoms with van der Waals surface area (Å²) in [6, 6.07) is 12.0. The Kier molecular flexibility index (Phi) is 3.94. The van der Waals surface area contributed by atoms with Crippen LogP contribution in [0.2, 0.25) is 0 Å². The largest absolute Gasteiger partial charge is 0.467 e. The van der Waals surface area contributed by atoms with E-state index in [9.17, 15) is 0 Å². The molecule has 118 valence electrons. The third kappa shape index (κ3) is 3.19. The Labute approximate surface area is 135 Å². The van der Waals surface area contributed by atoms with Crippen LogP contribution >= 0.6 is 0 Å². The van der Waals surface area contributed by atoms with Gasteiger partial charge in [0.1, 0.15) is 17.4 Å². The number of nitrogens with one attached hydrogen (secondary N) is 1. The molecule has 0 aliphatic carbocycles. The van der Waals surface area contributed by atoms with E-state index in [1.54, 1.807) is 6.26 Å². The van der Waals surface area contributed by atoms with Gasteiger partial charge < -0.3 is 9.73 Å². The van der Waals surface area contributed by atoms with Crippen molar-refractivity contribution in [1.82, 2.24) is 14.9 Å². The first-order valence-electron chi connectivity index (χ1n) is 8.13. The first-order valence-corrected chi connectivity index (χ1v) is 8.13. The summed E-state index contributed by atoms with van der Waals surface area (Å²) in [6.07, 6.45) is 4.24. The Balaban J connectivity index is 1.62. The number of para-hydroxylation sites is 1. The molecular formula is C18H20N4O. The summed E-state index contributed by atoms with van der Waals surface area (Å²) in [5, 5.41) is 4.44. The van der Waals surface area contributed by atoms with Gasteiger partial charge in [-0.15, -0.1) is 0 Å². The molecule has 0 unspecified atom stereocenters. The topological polar surface area (TPSA) is 54.2 Å². The highest BCUT2D eigenvalue weighted by atomic mass is 16.3. The third-order valence-electron chi connectivity index (χ3n) is 4.22. The second-order valence-electron chi connectivity index (χ2n) is 5.92. The van der Waals surface area contributed by atoms with Crippen molar-refractivity contribution in [2.75, 3.05) is 18.4 Å². The summed E-state index contributed by atoms with van der Waals surface area (Å²) in [4.78, 5) is 11.9. The van der Waals surface area contributed by atoms with Crippen LogP contribution in [0.5, 0.6) is 0 Å². The summed E-state index contributed by atoms with van der Waals surface area (Å²) in [6.45, 7) is 3.73. The number of fused-ring (bicyclic) bond motifs is 1. The fourth-order valence-corrected chi connectivity index (χ4v) is 3.05. The van der Waals surface area contributed by atoms with E-state index < -0.39 is 0 Å². The van der Waals surface area contributed by atoms with E-state index in [2.05, 4.69) is 16.3 Å². The van der Waals surface area contributed by atoms with Crippen LogP contribution in [0.25, 0.3) is 10.9 Å². The molecule has 0 amide bonds. The van der Waals surface area contributed by atoms with Crippen molar-refractivity contribution in [3.8, 4) is 0 Å². The highest BCUT2D eigenvalue weighted by Crippen LogP contribution is 2.22. The second-order valence-corrected chi connectivity index (χ2v) is 5.92. The van der Waals surface area contributed by atoms with E-state index in [-0.39, 0.29) is 0 Å². The predicted molar refractivity (Wildman–Crippen MR) is 90.1 cm³/mol. The molecule has 3 aromatic rings. The maximum atomic E-state index is 5.39. The van der Waals surface area contributed by atoms with Crippen LogP contribution in [0, 0.1) is 0 Å². The number of rotatable bonds is 5. The van der Waals surface area contributed by atoms with E-state index in [1.807, 2.05) is 30.3 Å². The number of likely N-dealkylation sites (tertiary alicyclic amines) is 1. The number of nitrogens with zero attached hydrogens (tertiary/aromatic N) is 3. The van der Waals surface area contributed by atoms with Gasteiger partial charge in [0, 0.05) is 5.39 Å². The van der Waals surface area contributed by atoms with Gasteiger partial charge in [-0.25, -0.2) is 9.97 Å². The molecule has 23 heavy (non-hydrogen) atoms. The van der Waals surface area contributed by atoms with Crippen molar-refractivity contribution in [2.24, 2.45) is 0 Å². The molecule has 1 N–H and O–H groups in total. The van der Waals surface area contributed by atoms with Gasteiger partial charge in [0.15, 0.2) is 0 Å². The lowest BCUT2D eigenvalue weighted by Gasteiger charge is -2.15. The first kappa shape index (κ1) is 14.2. The van der Waals surface area contributed by atoms with Gasteiger partial charge in [0.05, 0.1) is 24.9 Å². The van der Waals surface area contributed by atoms with Gasteiger partial charge in [0.2, 0.25) is 0 Å². The van der Waals surface area contributed by atoms with Crippen LogP contribution in [0.3, 0.4) is 0 Å². The Hall–Kier alpha value is -2.40. The van der Waals surface area contributed by atoms with E-state index in [0.717, 1.165) is 47.9 Å². The van der Waals surface area contributed by atoms with Crippen LogP contribution in [-0.4, -0.2) is 28.0 Å². The molecule has 3 heterocycles. The molecule has 5 heteroatoms. The number of aromatic nitrogens is 2. The lowest BCUT2D eigenvalue weighted by atomic mass is 10.2. The van der Waals surface area contributed by atoms with Gasteiger partial charge in [-0.05, 0) is 50.2 Å². The zero-order valence-electron chi connectivity index (χ0n) is 13.0. The monoisotopic (exact) mass is 308 g/mol. The molecule has 1 saturated heterocycles. The Bertz CT molecular complexity index is 779. The average molecular weight is 308 g/mol. The van der Waals surface area contributed by atoms with Crippen LogP contribution in [0.15, 0.2) is 47.1 Å². The van der Waals surface area contributed by atoms with Crippen molar-refractivity contribution in [3.05, 3.63) is 54.2 Å². The number of anilines is 1. The number of hydrogen-bond donors (Lipinski definition) is 1. The fraction of sp³-hybridized carbons (Fsp3) is 0.333. The minimum Gasteiger partial charge on any atom is -0.467 e. The van der Waals surface area contributed by atoms with E-state index in [1.165, 1.54) is 12.8 Å². The van der Waals surface area contributed by atoms with Gasteiger partial charge in [-0.2, -0.15) is 0 Å². The Morgan fingerprint density at radius 1 is 1.04 bits per heavy atom. The summed E-state index contributed by atoms with van der Waals surface area (Å²) in [5.74, 6) is 2.66. The van der Waals surface area contributed by atoms with Gasteiger partial charge in [-0.3, -0.25) is 4.90 Å². The van der Waals surface area contributed by atoms with Crippen LogP contribution in [-0.2, 0) is 13.1 Å². The number of furan rings is 1. The molecule has 1 fully saturated rings. The summed E-state index contributed by atoms with van der Waals surface area (Å²) < 4.78 is 5.39. The average Bonchev–Trinajstić information content (AvgIpc) is 3.26. The van der Waals surface area contributed by atoms with E-state index >= 15 is 0 Å². The molecule has 2 aromatic heterocycles. The zero-order valence-corrected chi connectivity index (χ0v) is 13.0. The fourth-order valence-electron chi connectivity index (χ4n) is 3.05. The molecule has 0 saturated carbocycles. The minimum absolute atomic E-state index is 0.622. The van der Waals surface area contributed by atoms with Crippen molar-refractivity contribution in [2.45, 2.75) is 25.9 Å². The summed E-state index contributed by atoms with van der Waals surface area (Å²) in [5.41, 5.74) is 0.985. The van der Waals surface area contributed by atoms with Crippen LogP contribution < -0.4 is 5.32 Å². The smallest absolute Gasteiger partial charge is 0.145 e. The maximum absolute atomic E-state index is 5.39. The van der Waals surface area contributed by atoms with E-state index in [0.29, 0.717) is 6.54 Å². The third-order valence-corrected chi connectivity index (χ3v) is 4.22. The second kappa shape index (κ2) is 6.38. The Morgan fingerprint density at radius 3 is 2.74 bits per heavy atom. The van der Waals surface area contributed by atoms with Crippen LogP contribution in [0.4, 0.5) is 5.82 Å². The first-order chi connectivity index (χ1) is 11.4. The lowest BCUT2D eigenvalue weighted by Crippen LogP contribution is -2.20. The molecule has 0 spiro atoms. The molecule has 0 atom stereocenters. The van der Waals surface area contributed by atoms with Gasteiger partial charge >= 0.3 is 0 Å². The van der Waals surface area contributed by atoms with Crippen molar-refractivity contribution in [3.63, 3.8) is 0 Å². The number of hydrogen-bond acceptors (Lipinski definition) is 5. The van der Waals surface area contributed by atoms with Crippen molar-refractivity contribution in [1.29, 1.82) is 0 Å². The maximum Gasteiger partial charge on any atom is 0.145 e. The Morgan fingerprint density at radius 2 is 1.91 bits per heavy atom. The quantitative estimate of drug-likeness (QED) is 0.782. The molecule has 5 nitrogen and oxygen atoms in total. The van der Waals surface area contributed by atoms with Crippen molar-refractivity contribution >= 4 is 16.7 Å². The molecule has 0 bridgehead atoms. The molecular weight excluding hydrogens is 288 g/mol.